The average molecular weight is 266 g/mol. The molecule has 0 aliphatic carbocycles. The third-order valence-corrected chi connectivity index (χ3v) is 4.11. The summed E-state index contributed by atoms with van der Waals surface area (Å²) in [7, 11) is 1.85. The molecule has 102 valence electrons. The van der Waals surface area contributed by atoms with Crippen LogP contribution in [-0.2, 0) is 0 Å². The Morgan fingerprint density at radius 1 is 1.00 bits per heavy atom. The van der Waals surface area contributed by atoms with Crippen LogP contribution in [0.15, 0.2) is 23.5 Å². The van der Waals surface area contributed by atoms with E-state index in [9.17, 15) is 10.5 Å². The maximum Gasteiger partial charge on any atom is 0.157 e. The van der Waals surface area contributed by atoms with E-state index in [2.05, 4.69) is 38.1 Å². The van der Waals surface area contributed by atoms with Crippen LogP contribution in [0, 0.1) is 43.4 Å². The molecule has 1 atom stereocenters. The number of nitriles is 2. The largest absolute Gasteiger partial charge is 0.343 e. The summed E-state index contributed by atoms with van der Waals surface area (Å²) in [6, 6.07) is 8.47. The van der Waals surface area contributed by atoms with E-state index < -0.39 is 0 Å². The van der Waals surface area contributed by atoms with Gasteiger partial charge in [-0.3, -0.25) is 0 Å². The maximum absolute atomic E-state index is 9.46. The van der Waals surface area contributed by atoms with E-state index in [4.69, 9.17) is 0 Å². The van der Waals surface area contributed by atoms with Gasteiger partial charge in [0, 0.05) is 12.7 Å². The minimum Gasteiger partial charge on any atom is -0.343 e. The zero-order valence-electron chi connectivity index (χ0n) is 12.5. The van der Waals surface area contributed by atoms with Gasteiger partial charge in [-0.15, -0.1) is 0 Å². The van der Waals surface area contributed by atoms with Crippen LogP contribution in [0.4, 0.5) is 5.69 Å². The number of rotatable bonds is 1. The Morgan fingerprint density at radius 2 is 1.55 bits per heavy atom. The van der Waals surface area contributed by atoms with Gasteiger partial charge in [0.05, 0.1) is 0 Å². The fourth-order valence-corrected chi connectivity index (χ4v) is 2.67. The molecule has 1 aromatic rings. The predicted molar refractivity (Wildman–Crippen MR) is 78.6 cm³/mol. The van der Waals surface area contributed by atoms with Crippen molar-refractivity contribution >= 4 is 5.69 Å². The van der Waals surface area contributed by atoms with Gasteiger partial charge >= 0.3 is 0 Å². The second kappa shape index (κ2) is 4.90. The van der Waals surface area contributed by atoms with Crippen LogP contribution in [0.3, 0.4) is 0 Å². The minimum atomic E-state index is -0.0431. The number of allylic oxidation sites excluding steroid dienone is 2. The van der Waals surface area contributed by atoms with E-state index in [1.165, 1.54) is 5.56 Å². The average Bonchev–Trinajstić information content (AvgIpc) is 2.67. The molecular formula is C16H18N4. The summed E-state index contributed by atoms with van der Waals surface area (Å²) >= 11 is 0. The molecule has 1 aliphatic rings. The molecule has 0 bridgehead atoms. The van der Waals surface area contributed by atoms with Gasteiger partial charge in [0.15, 0.2) is 11.4 Å². The van der Waals surface area contributed by atoms with E-state index in [1.54, 1.807) is 0 Å². The quantitative estimate of drug-likeness (QED) is 0.784. The molecule has 0 N–H and O–H groups in total. The third-order valence-electron chi connectivity index (χ3n) is 4.11. The zero-order valence-corrected chi connectivity index (χ0v) is 12.5. The molecule has 1 aliphatic heterocycles. The number of hydrogen-bond acceptors (Lipinski definition) is 4. The van der Waals surface area contributed by atoms with Crippen molar-refractivity contribution in [2.24, 2.45) is 0 Å². The van der Waals surface area contributed by atoms with Crippen LogP contribution in [0.2, 0.25) is 0 Å². The highest BCUT2D eigenvalue weighted by Gasteiger charge is 2.36. The lowest BCUT2D eigenvalue weighted by molar-refractivity contribution is 0.367. The highest BCUT2D eigenvalue weighted by Crippen LogP contribution is 2.37. The fraction of sp³-hybridized carbons (Fsp3) is 0.375. The summed E-state index contributed by atoms with van der Waals surface area (Å²) in [5, 5.41) is 18.7. The van der Waals surface area contributed by atoms with E-state index in [0.29, 0.717) is 11.4 Å². The summed E-state index contributed by atoms with van der Waals surface area (Å²) in [5.74, 6) is 0. The minimum absolute atomic E-state index is 0.0431. The van der Waals surface area contributed by atoms with Gasteiger partial charge in [0.1, 0.15) is 18.3 Å². The van der Waals surface area contributed by atoms with Gasteiger partial charge < -0.3 is 9.80 Å². The van der Waals surface area contributed by atoms with Gasteiger partial charge in [0.2, 0.25) is 0 Å². The first-order valence-corrected chi connectivity index (χ1v) is 6.57. The molecular weight excluding hydrogens is 248 g/mol. The molecule has 4 heteroatoms. The number of anilines is 1. The van der Waals surface area contributed by atoms with Crippen LogP contribution in [-0.4, -0.2) is 18.1 Å². The van der Waals surface area contributed by atoms with Crippen molar-refractivity contribution in [3.63, 3.8) is 0 Å². The number of benzene rings is 1. The molecule has 0 saturated heterocycles. The van der Waals surface area contributed by atoms with E-state index >= 15 is 0 Å². The topological polar surface area (TPSA) is 54.1 Å². The molecule has 1 aromatic carbocycles. The number of hydrogen-bond donors (Lipinski definition) is 0. The Bertz CT molecular complexity index is 673. The molecule has 0 radical (unpaired) electrons. The second-order valence-corrected chi connectivity index (χ2v) is 5.21. The molecule has 2 rings (SSSR count). The Balaban J connectivity index is 2.71. The predicted octanol–water partition coefficient (Wildman–Crippen LogP) is 2.97. The van der Waals surface area contributed by atoms with Gasteiger partial charge in [-0.1, -0.05) is 12.1 Å². The SMILES string of the molecule is Cc1ccc(C)c(N2C(C#N)=C(C#N)N(C)[C@@H]2C)c1C. The van der Waals surface area contributed by atoms with Gasteiger partial charge in [-0.2, -0.15) is 10.5 Å². The van der Waals surface area contributed by atoms with Crippen molar-refractivity contribution < 1.29 is 0 Å². The lowest BCUT2D eigenvalue weighted by Crippen LogP contribution is -2.36. The van der Waals surface area contributed by atoms with Crippen molar-refractivity contribution in [3.8, 4) is 12.1 Å². The second-order valence-electron chi connectivity index (χ2n) is 5.21. The summed E-state index contributed by atoms with van der Waals surface area (Å²) in [5.41, 5.74) is 5.34. The zero-order chi connectivity index (χ0) is 15.0. The molecule has 0 saturated carbocycles. The van der Waals surface area contributed by atoms with E-state index in [-0.39, 0.29) is 6.17 Å². The summed E-state index contributed by atoms with van der Waals surface area (Å²) in [6.07, 6.45) is -0.0431. The van der Waals surface area contributed by atoms with Crippen LogP contribution in [0.1, 0.15) is 23.6 Å². The van der Waals surface area contributed by atoms with Crippen LogP contribution in [0.5, 0.6) is 0 Å². The van der Waals surface area contributed by atoms with Crippen molar-refractivity contribution in [1.82, 2.24) is 4.90 Å². The first-order valence-electron chi connectivity index (χ1n) is 6.57. The van der Waals surface area contributed by atoms with Crippen molar-refractivity contribution in [1.29, 1.82) is 10.5 Å². The van der Waals surface area contributed by atoms with Gasteiger partial charge in [-0.05, 0) is 44.4 Å². The Kier molecular flexibility index (Phi) is 3.42. The van der Waals surface area contributed by atoms with Crippen LogP contribution < -0.4 is 4.90 Å². The van der Waals surface area contributed by atoms with Crippen molar-refractivity contribution in [2.45, 2.75) is 33.9 Å². The molecule has 0 amide bonds. The third kappa shape index (κ3) is 1.82. The normalized spacial score (nSPS) is 18.2. The molecule has 0 fully saturated rings. The van der Waals surface area contributed by atoms with E-state index in [0.717, 1.165) is 16.8 Å². The molecule has 20 heavy (non-hydrogen) atoms. The Hall–Kier alpha value is -2.46. The van der Waals surface area contributed by atoms with E-state index in [1.807, 2.05) is 30.7 Å². The highest BCUT2D eigenvalue weighted by molar-refractivity contribution is 5.69. The lowest BCUT2D eigenvalue weighted by Gasteiger charge is -2.31. The Labute approximate surface area is 120 Å². The number of nitrogens with zero attached hydrogens (tertiary/aromatic N) is 4. The first kappa shape index (κ1) is 14.0. The Morgan fingerprint density at radius 3 is 2.10 bits per heavy atom. The van der Waals surface area contributed by atoms with Crippen LogP contribution >= 0.6 is 0 Å². The fourth-order valence-electron chi connectivity index (χ4n) is 2.67. The molecule has 0 aromatic heterocycles. The van der Waals surface area contributed by atoms with Crippen molar-refractivity contribution in [2.75, 3.05) is 11.9 Å². The highest BCUT2D eigenvalue weighted by atomic mass is 15.4. The van der Waals surface area contributed by atoms with Crippen LogP contribution in [0.25, 0.3) is 0 Å². The molecule has 0 spiro atoms. The molecule has 4 nitrogen and oxygen atoms in total. The smallest absolute Gasteiger partial charge is 0.157 e. The van der Waals surface area contributed by atoms with Gasteiger partial charge in [0.25, 0.3) is 0 Å². The van der Waals surface area contributed by atoms with Crippen molar-refractivity contribution in [3.05, 3.63) is 40.2 Å². The molecule has 0 unspecified atom stereocenters. The molecule has 1 heterocycles. The first-order chi connectivity index (χ1) is 9.43. The number of aryl methyl sites for hydroxylation is 2. The summed E-state index contributed by atoms with van der Waals surface area (Å²) in [6.45, 7) is 8.16. The standard InChI is InChI=1S/C16H18N4/c1-10-6-7-11(2)16(12(10)3)20-13(4)19(5)14(8-17)15(20)9-18/h6-7,13H,1-5H3/t13-/m0/s1. The maximum atomic E-state index is 9.46. The summed E-state index contributed by atoms with van der Waals surface area (Å²) < 4.78 is 0. The van der Waals surface area contributed by atoms with Gasteiger partial charge in [-0.25, -0.2) is 0 Å². The monoisotopic (exact) mass is 266 g/mol. The summed E-state index contributed by atoms with van der Waals surface area (Å²) in [4.78, 5) is 3.82. The lowest BCUT2D eigenvalue weighted by atomic mass is 10.0.